The monoisotopic (exact) mass is 328 g/mol. The molecule has 23 heavy (non-hydrogen) atoms. The van der Waals surface area contributed by atoms with Gasteiger partial charge in [0, 0.05) is 18.5 Å². The number of hydrogen-bond acceptors (Lipinski definition) is 4. The van der Waals surface area contributed by atoms with Crippen molar-refractivity contribution in [3.8, 4) is 5.69 Å². The lowest BCUT2D eigenvalue weighted by Crippen LogP contribution is -2.28. The molecule has 0 saturated carbocycles. The fourth-order valence-corrected chi connectivity index (χ4v) is 3.54. The van der Waals surface area contributed by atoms with Crippen molar-refractivity contribution in [1.29, 1.82) is 0 Å². The van der Waals surface area contributed by atoms with Crippen LogP contribution in [0.15, 0.2) is 36.4 Å². The van der Waals surface area contributed by atoms with E-state index in [1.807, 2.05) is 41.1 Å². The van der Waals surface area contributed by atoms with Gasteiger partial charge in [-0.25, -0.2) is 4.68 Å². The molecule has 0 fully saturated rings. The Labute approximate surface area is 139 Å². The number of amides is 1. The molecule has 2 aromatic heterocycles. The van der Waals surface area contributed by atoms with Crippen LogP contribution in [-0.4, -0.2) is 28.8 Å². The van der Waals surface area contributed by atoms with Crippen molar-refractivity contribution in [2.75, 3.05) is 13.1 Å². The lowest BCUT2D eigenvalue weighted by molar-refractivity contribution is 0.0959. The van der Waals surface area contributed by atoms with E-state index in [4.69, 9.17) is 10.8 Å². The fraction of sp³-hybridized carbons (Fsp3) is 0.294. The van der Waals surface area contributed by atoms with E-state index in [9.17, 15) is 4.79 Å². The van der Waals surface area contributed by atoms with Crippen LogP contribution >= 0.6 is 11.3 Å². The Morgan fingerprint density at radius 3 is 2.74 bits per heavy atom. The second-order valence-corrected chi connectivity index (χ2v) is 6.69. The average molecular weight is 328 g/mol. The molecule has 5 nitrogen and oxygen atoms in total. The van der Waals surface area contributed by atoms with Gasteiger partial charge in [0.05, 0.1) is 16.3 Å². The molecule has 6 heteroatoms. The second-order valence-electron chi connectivity index (χ2n) is 5.66. The Balaban J connectivity index is 2.11. The molecule has 0 atom stereocenters. The van der Waals surface area contributed by atoms with Crippen molar-refractivity contribution < 1.29 is 4.79 Å². The summed E-state index contributed by atoms with van der Waals surface area (Å²) in [6, 6.07) is 11.9. The summed E-state index contributed by atoms with van der Waals surface area (Å²) in [5.74, 6) is 0.211. The summed E-state index contributed by atoms with van der Waals surface area (Å²) in [7, 11) is 0. The standard InChI is InChI=1S/C17H20N4OS/c1-11(2)15-13-10-14(16(22)19-9-8-18)23-17(13)21(20-15)12-6-4-3-5-7-12/h3-7,10-11H,8-9,18H2,1-2H3,(H,19,22). The van der Waals surface area contributed by atoms with E-state index < -0.39 is 0 Å². The molecule has 2 heterocycles. The molecule has 0 spiro atoms. The maximum absolute atomic E-state index is 12.2. The van der Waals surface area contributed by atoms with Gasteiger partial charge in [0.25, 0.3) is 5.91 Å². The Morgan fingerprint density at radius 2 is 2.09 bits per heavy atom. The highest BCUT2D eigenvalue weighted by molar-refractivity contribution is 7.20. The molecule has 0 unspecified atom stereocenters. The second kappa shape index (κ2) is 6.52. The van der Waals surface area contributed by atoms with Gasteiger partial charge in [0.1, 0.15) is 4.83 Å². The number of fused-ring (bicyclic) bond motifs is 1. The number of benzene rings is 1. The Hall–Kier alpha value is -2.18. The first-order valence-corrected chi connectivity index (χ1v) is 8.49. The zero-order chi connectivity index (χ0) is 16.4. The van der Waals surface area contributed by atoms with Gasteiger partial charge in [0.15, 0.2) is 0 Å². The smallest absolute Gasteiger partial charge is 0.261 e. The number of rotatable bonds is 5. The molecule has 0 aliphatic carbocycles. The lowest BCUT2D eigenvalue weighted by Gasteiger charge is -2.03. The predicted octanol–water partition coefficient (Wildman–Crippen LogP) is 2.90. The number of aromatic nitrogens is 2. The molecule has 0 saturated heterocycles. The molecule has 3 N–H and O–H groups in total. The Kier molecular flexibility index (Phi) is 4.45. The quantitative estimate of drug-likeness (QED) is 0.756. The van der Waals surface area contributed by atoms with Crippen LogP contribution in [0.5, 0.6) is 0 Å². The third-order valence-corrected chi connectivity index (χ3v) is 4.70. The number of hydrogen-bond donors (Lipinski definition) is 2. The summed E-state index contributed by atoms with van der Waals surface area (Å²) in [6.45, 7) is 5.15. The van der Waals surface area contributed by atoms with E-state index >= 15 is 0 Å². The number of thiophene rings is 1. The van der Waals surface area contributed by atoms with E-state index in [-0.39, 0.29) is 11.8 Å². The zero-order valence-corrected chi connectivity index (χ0v) is 14.1. The molecular formula is C17H20N4OS. The molecule has 3 rings (SSSR count). The summed E-state index contributed by atoms with van der Waals surface area (Å²) < 4.78 is 1.93. The van der Waals surface area contributed by atoms with E-state index in [1.54, 1.807) is 0 Å². The van der Waals surface area contributed by atoms with Crippen molar-refractivity contribution in [2.24, 2.45) is 5.73 Å². The molecule has 120 valence electrons. The molecule has 3 aromatic rings. The normalized spacial score (nSPS) is 11.3. The highest BCUT2D eigenvalue weighted by atomic mass is 32.1. The van der Waals surface area contributed by atoms with Crippen molar-refractivity contribution >= 4 is 27.5 Å². The zero-order valence-electron chi connectivity index (χ0n) is 13.2. The SMILES string of the molecule is CC(C)c1nn(-c2ccccc2)c2sc(C(=O)NCCN)cc12. The number of nitrogens with two attached hydrogens (primary N) is 1. The highest BCUT2D eigenvalue weighted by Gasteiger charge is 2.20. The van der Waals surface area contributed by atoms with Crippen molar-refractivity contribution in [2.45, 2.75) is 19.8 Å². The molecule has 1 aromatic carbocycles. The number of carbonyl (C=O) groups excluding carboxylic acids is 1. The minimum absolute atomic E-state index is 0.0778. The largest absolute Gasteiger partial charge is 0.350 e. The number of para-hydroxylation sites is 1. The van der Waals surface area contributed by atoms with Gasteiger partial charge in [-0.1, -0.05) is 32.0 Å². The molecule has 0 radical (unpaired) electrons. The van der Waals surface area contributed by atoms with Crippen molar-refractivity contribution in [3.63, 3.8) is 0 Å². The van der Waals surface area contributed by atoms with Crippen LogP contribution in [0.1, 0.15) is 35.1 Å². The van der Waals surface area contributed by atoms with E-state index in [0.29, 0.717) is 18.0 Å². The lowest BCUT2D eigenvalue weighted by atomic mass is 10.1. The third-order valence-electron chi connectivity index (χ3n) is 3.59. The number of nitrogens with one attached hydrogen (secondary N) is 1. The molecular weight excluding hydrogens is 308 g/mol. The minimum Gasteiger partial charge on any atom is -0.350 e. The summed E-state index contributed by atoms with van der Waals surface area (Å²) in [4.78, 5) is 13.9. The summed E-state index contributed by atoms with van der Waals surface area (Å²) >= 11 is 1.46. The molecule has 0 aliphatic heterocycles. The highest BCUT2D eigenvalue weighted by Crippen LogP contribution is 2.33. The van der Waals surface area contributed by atoms with E-state index in [0.717, 1.165) is 21.6 Å². The molecule has 0 aliphatic rings. The summed E-state index contributed by atoms with van der Waals surface area (Å²) in [5, 5.41) is 8.63. The summed E-state index contributed by atoms with van der Waals surface area (Å²) in [6.07, 6.45) is 0. The van der Waals surface area contributed by atoms with E-state index in [1.165, 1.54) is 11.3 Å². The first-order valence-electron chi connectivity index (χ1n) is 7.68. The Morgan fingerprint density at radius 1 is 1.35 bits per heavy atom. The van der Waals surface area contributed by atoms with Gasteiger partial charge in [-0.2, -0.15) is 5.10 Å². The van der Waals surface area contributed by atoms with Crippen LogP contribution in [-0.2, 0) is 0 Å². The third kappa shape index (κ3) is 3.00. The molecule has 1 amide bonds. The van der Waals surface area contributed by atoms with Crippen LogP contribution in [0, 0.1) is 0 Å². The maximum Gasteiger partial charge on any atom is 0.261 e. The Bertz CT molecular complexity index is 820. The van der Waals surface area contributed by atoms with E-state index in [2.05, 4.69) is 19.2 Å². The first kappa shape index (κ1) is 15.7. The van der Waals surface area contributed by atoms with Crippen LogP contribution < -0.4 is 11.1 Å². The van der Waals surface area contributed by atoms with Gasteiger partial charge in [-0.05, 0) is 24.1 Å². The maximum atomic E-state index is 12.2. The number of nitrogens with zero attached hydrogens (tertiary/aromatic N) is 2. The number of carbonyl (C=O) groups is 1. The van der Waals surface area contributed by atoms with Crippen LogP contribution in [0.2, 0.25) is 0 Å². The molecule has 0 bridgehead atoms. The van der Waals surface area contributed by atoms with Crippen LogP contribution in [0.4, 0.5) is 0 Å². The fourth-order valence-electron chi connectivity index (χ4n) is 2.48. The van der Waals surface area contributed by atoms with Crippen LogP contribution in [0.25, 0.3) is 15.9 Å². The van der Waals surface area contributed by atoms with Gasteiger partial charge in [-0.3, -0.25) is 4.79 Å². The van der Waals surface area contributed by atoms with Gasteiger partial charge in [-0.15, -0.1) is 11.3 Å². The summed E-state index contributed by atoms with van der Waals surface area (Å²) in [5.41, 5.74) is 7.46. The van der Waals surface area contributed by atoms with Crippen LogP contribution in [0.3, 0.4) is 0 Å². The predicted molar refractivity (Wildman–Crippen MR) is 94.4 cm³/mol. The first-order chi connectivity index (χ1) is 11.1. The topological polar surface area (TPSA) is 72.9 Å². The van der Waals surface area contributed by atoms with Crippen molar-refractivity contribution in [3.05, 3.63) is 47.0 Å². The van der Waals surface area contributed by atoms with Crippen molar-refractivity contribution in [1.82, 2.24) is 15.1 Å². The minimum atomic E-state index is -0.0778. The van der Waals surface area contributed by atoms with Gasteiger partial charge < -0.3 is 11.1 Å². The van der Waals surface area contributed by atoms with Gasteiger partial charge in [0.2, 0.25) is 0 Å². The van der Waals surface area contributed by atoms with Gasteiger partial charge >= 0.3 is 0 Å². The average Bonchev–Trinajstić information content (AvgIpc) is 3.12.